The molecule has 0 saturated carbocycles. The Morgan fingerprint density at radius 2 is 2.33 bits per heavy atom. The molecular weight excluding hydrogens is 232 g/mol. The maximum atomic E-state index is 11.4. The molecule has 0 spiro atoms. The van der Waals surface area contributed by atoms with Gasteiger partial charge >= 0.3 is 0 Å². The van der Waals surface area contributed by atoms with E-state index in [0.29, 0.717) is 0 Å². The highest BCUT2D eigenvalue weighted by molar-refractivity contribution is 7.16. The van der Waals surface area contributed by atoms with Gasteiger partial charge < -0.3 is 11.1 Å². The standard InChI is InChI=1S/C10H15ClN2OS/c1-3-7(13-10(14)6(2)12)8-4-5-9(11)15-8/h4-7H,3,12H2,1-2H3,(H,13,14)/t6-,7?/m1/s1. The fourth-order valence-corrected chi connectivity index (χ4v) is 2.39. The van der Waals surface area contributed by atoms with Gasteiger partial charge in [0.15, 0.2) is 0 Å². The van der Waals surface area contributed by atoms with Crippen molar-refractivity contribution in [3.8, 4) is 0 Å². The minimum atomic E-state index is -0.477. The van der Waals surface area contributed by atoms with E-state index in [1.807, 2.05) is 19.1 Å². The molecule has 2 atom stereocenters. The second kappa shape index (κ2) is 5.49. The van der Waals surface area contributed by atoms with E-state index in [4.69, 9.17) is 17.3 Å². The maximum Gasteiger partial charge on any atom is 0.237 e. The number of nitrogens with two attached hydrogens (primary N) is 1. The second-order valence-electron chi connectivity index (χ2n) is 3.40. The molecule has 0 fully saturated rings. The highest BCUT2D eigenvalue weighted by Crippen LogP contribution is 2.28. The predicted molar refractivity (Wildman–Crippen MR) is 64.2 cm³/mol. The summed E-state index contributed by atoms with van der Waals surface area (Å²) in [5.74, 6) is -0.133. The van der Waals surface area contributed by atoms with E-state index in [2.05, 4.69) is 5.32 Å². The second-order valence-corrected chi connectivity index (χ2v) is 5.15. The van der Waals surface area contributed by atoms with E-state index in [1.54, 1.807) is 6.92 Å². The van der Waals surface area contributed by atoms with Crippen molar-refractivity contribution in [1.29, 1.82) is 0 Å². The summed E-state index contributed by atoms with van der Waals surface area (Å²) in [5.41, 5.74) is 5.49. The van der Waals surface area contributed by atoms with Crippen molar-refractivity contribution < 1.29 is 4.79 Å². The van der Waals surface area contributed by atoms with Crippen molar-refractivity contribution >= 4 is 28.8 Å². The van der Waals surface area contributed by atoms with Gasteiger partial charge in [0, 0.05) is 4.88 Å². The van der Waals surface area contributed by atoms with E-state index in [9.17, 15) is 4.79 Å². The zero-order chi connectivity index (χ0) is 11.4. The molecule has 0 aliphatic carbocycles. The fourth-order valence-electron chi connectivity index (χ4n) is 1.19. The molecule has 1 rings (SSSR count). The van der Waals surface area contributed by atoms with Crippen molar-refractivity contribution in [2.75, 3.05) is 0 Å². The number of halogens is 1. The van der Waals surface area contributed by atoms with E-state index in [-0.39, 0.29) is 11.9 Å². The first-order valence-electron chi connectivity index (χ1n) is 4.85. The molecule has 1 aromatic heterocycles. The molecule has 84 valence electrons. The molecule has 3 nitrogen and oxygen atoms in total. The molecule has 3 N–H and O–H groups in total. The van der Waals surface area contributed by atoms with E-state index < -0.39 is 6.04 Å². The van der Waals surface area contributed by atoms with E-state index in [0.717, 1.165) is 15.6 Å². The van der Waals surface area contributed by atoms with Gasteiger partial charge in [-0.2, -0.15) is 0 Å². The minimum absolute atomic E-state index is 0.0148. The summed E-state index contributed by atoms with van der Waals surface area (Å²) in [6, 6.07) is 3.31. The molecule has 5 heteroatoms. The predicted octanol–water partition coefficient (Wildman–Crippen LogP) is 2.32. The number of rotatable bonds is 4. The molecule has 15 heavy (non-hydrogen) atoms. The number of carbonyl (C=O) groups is 1. The van der Waals surface area contributed by atoms with Gasteiger partial charge in [-0.25, -0.2) is 0 Å². The van der Waals surface area contributed by atoms with Crippen LogP contribution < -0.4 is 11.1 Å². The average molecular weight is 247 g/mol. The number of hydrogen-bond donors (Lipinski definition) is 2. The fraction of sp³-hybridized carbons (Fsp3) is 0.500. The third kappa shape index (κ3) is 3.48. The van der Waals surface area contributed by atoms with Gasteiger partial charge in [-0.3, -0.25) is 4.79 Å². The Labute approximate surface area is 98.6 Å². The molecule has 1 aromatic rings. The Morgan fingerprint density at radius 1 is 1.67 bits per heavy atom. The lowest BCUT2D eigenvalue weighted by molar-refractivity contribution is -0.122. The smallest absolute Gasteiger partial charge is 0.237 e. The zero-order valence-corrected chi connectivity index (χ0v) is 10.4. The topological polar surface area (TPSA) is 55.1 Å². The van der Waals surface area contributed by atoms with Crippen LogP contribution in [-0.4, -0.2) is 11.9 Å². The van der Waals surface area contributed by atoms with Crippen LogP contribution in [0.25, 0.3) is 0 Å². The van der Waals surface area contributed by atoms with Gasteiger partial charge in [0.2, 0.25) is 5.91 Å². The van der Waals surface area contributed by atoms with Crippen molar-refractivity contribution in [3.63, 3.8) is 0 Å². The number of nitrogens with one attached hydrogen (secondary N) is 1. The maximum absolute atomic E-state index is 11.4. The summed E-state index contributed by atoms with van der Waals surface area (Å²) in [7, 11) is 0. The Hall–Kier alpha value is -0.580. The molecular formula is C10H15ClN2OS. The summed E-state index contributed by atoms with van der Waals surface area (Å²) < 4.78 is 0.735. The lowest BCUT2D eigenvalue weighted by Gasteiger charge is -2.16. The SMILES string of the molecule is CCC(NC(=O)[C@@H](C)N)c1ccc(Cl)s1. The van der Waals surface area contributed by atoms with Gasteiger partial charge in [0.25, 0.3) is 0 Å². The van der Waals surface area contributed by atoms with Crippen LogP contribution in [0.4, 0.5) is 0 Å². The summed E-state index contributed by atoms with van der Waals surface area (Å²) in [4.78, 5) is 12.5. The Balaban J connectivity index is 2.68. The Bertz CT molecular complexity index is 338. The summed E-state index contributed by atoms with van der Waals surface area (Å²) >= 11 is 7.33. The Morgan fingerprint density at radius 3 is 2.73 bits per heavy atom. The first-order valence-corrected chi connectivity index (χ1v) is 6.05. The van der Waals surface area contributed by atoms with Crippen molar-refractivity contribution in [2.45, 2.75) is 32.4 Å². The molecule has 0 saturated heterocycles. The zero-order valence-electron chi connectivity index (χ0n) is 8.79. The Kier molecular flexibility index (Phi) is 4.57. The quantitative estimate of drug-likeness (QED) is 0.857. The van der Waals surface area contributed by atoms with Gasteiger partial charge in [-0.15, -0.1) is 11.3 Å². The lowest BCUT2D eigenvalue weighted by Crippen LogP contribution is -2.39. The third-order valence-corrected chi connectivity index (χ3v) is 3.42. The summed E-state index contributed by atoms with van der Waals surface area (Å²) in [6.45, 7) is 3.68. The minimum Gasteiger partial charge on any atom is -0.347 e. The average Bonchev–Trinajstić information content (AvgIpc) is 2.60. The largest absolute Gasteiger partial charge is 0.347 e. The van der Waals surface area contributed by atoms with Crippen molar-refractivity contribution in [2.24, 2.45) is 5.73 Å². The molecule has 1 heterocycles. The first kappa shape index (κ1) is 12.5. The van der Waals surface area contributed by atoms with Crippen LogP contribution in [0.5, 0.6) is 0 Å². The van der Waals surface area contributed by atoms with Crippen LogP contribution in [-0.2, 0) is 4.79 Å². The third-order valence-electron chi connectivity index (χ3n) is 2.08. The molecule has 0 bridgehead atoms. The van der Waals surface area contributed by atoms with E-state index >= 15 is 0 Å². The lowest BCUT2D eigenvalue weighted by atomic mass is 10.2. The molecule has 0 radical (unpaired) electrons. The number of hydrogen-bond acceptors (Lipinski definition) is 3. The summed E-state index contributed by atoms with van der Waals surface area (Å²) in [5, 5.41) is 2.88. The molecule has 0 aliphatic rings. The highest BCUT2D eigenvalue weighted by Gasteiger charge is 2.16. The van der Waals surface area contributed by atoms with Crippen LogP contribution in [0.2, 0.25) is 4.34 Å². The van der Waals surface area contributed by atoms with E-state index in [1.165, 1.54) is 11.3 Å². The number of thiophene rings is 1. The van der Waals surface area contributed by atoms with Crippen LogP contribution >= 0.6 is 22.9 Å². The normalized spacial score (nSPS) is 14.7. The van der Waals surface area contributed by atoms with Crippen LogP contribution in [0.15, 0.2) is 12.1 Å². The molecule has 0 aromatic carbocycles. The number of amides is 1. The van der Waals surface area contributed by atoms with Gasteiger partial charge in [0.05, 0.1) is 16.4 Å². The molecule has 1 unspecified atom stereocenters. The van der Waals surface area contributed by atoms with Crippen LogP contribution in [0.3, 0.4) is 0 Å². The number of carbonyl (C=O) groups excluding carboxylic acids is 1. The first-order chi connectivity index (χ1) is 7.04. The van der Waals surface area contributed by atoms with Crippen LogP contribution in [0, 0.1) is 0 Å². The molecule has 0 aliphatic heterocycles. The van der Waals surface area contributed by atoms with Crippen LogP contribution in [0.1, 0.15) is 31.2 Å². The van der Waals surface area contributed by atoms with Gasteiger partial charge in [-0.1, -0.05) is 18.5 Å². The van der Waals surface area contributed by atoms with Gasteiger partial charge in [0.1, 0.15) is 0 Å². The van der Waals surface area contributed by atoms with Crippen molar-refractivity contribution in [1.82, 2.24) is 5.32 Å². The monoisotopic (exact) mass is 246 g/mol. The van der Waals surface area contributed by atoms with Crippen molar-refractivity contribution in [3.05, 3.63) is 21.3 Å². The van der Waals surface area contributed by atoms with Gasteiger partial charge in [-0.05, 0) is 25.5 Å². The molecule has 1 amide bonds. The highest BCUT2D eigenvalue weighted by atomic mass is 35.5. The summed E-state index contributed by atoms with van der Waals surface area (Å²) in [6.07, 6.45) is 0.829.